The number of halogens is 1. The van der Waals surface area contributed by atoms with Crippen molar-refractivity contribution < 1.29 is 19.0 Å². The molecule has 0 aromatic heterocycles. The van der Waals surface area contributed by atoms with Crippen molar-refractivity contribution in [3.63, 3.8) is 0 Å². The van der Waals surface area contributed by atoms with E-state index in [0.29, 0.717) is 47.0 Å². The summed E-state index contributed by atoms with van der Waals surface area (Å²) < 4.78 is 17.0. The van der Waals surface area contributed by atoms with Crippen LogP contribution in [0.5, 0.6) is 11.5 Å². The number of hydrogen-bond acceptors (Lipinski definition) is 5. The Morgan fingerprint density at radius 3 is 2.53 bits per heavy atom. The van der Waals surface area contributed by atoms with Crippen molar-refractivity contribution in [1.29, 1.82) is 0 Å². The molecule has 1 amide bonds. The van der Waals surface area contributed by atoms with Crippen molar-refractivity contribution in [1.82, 2.24) is 5.32 Å². The third-order valence-electron chi connectivity index (χ3n) is 4.31. The number of hydrogen-bond donors (Lipinski definition) is 2. The molecule has 32 heavy (non-hydrogen) atoms. The minimum absolute atomic E-state index is 0.187. The van der Waals surface area contributed by atoms with Crippen LogP contribution in [0.15, 0.2) is 77.3 Å². The Labute approximate surface area is 201 Å². The van der Waals surface area contributed by atoms with Crippen molar-refractivity contribution in [3.05, 3.63) is 88.4 Å². The van der Waals surface area contributed by atoms with Gasteiger partial charge in [0.1, 0.15) is 24.7 Å². The van der Waals surface area contributed by atoms with Gasteiger partial charge in [-0.25, -0.2) is 0 Å². The molecule has 8 heteroatoms. The maximum atomic E-state index is 12.6. The summed E-state index contributed by atoms with van der Waals surface area (Å²) in [4.78, 5) is 12.6. The molecular formula is C24H23BrN2O4S. The van der Waals surface area contributed by atoms with Gasteiger partial charge >= 0.3 is 0 Å². The Morgan fingerprint density at radius 2 is 1.78 bits per heavy atom. The van der Waals surface area contributed by atoms with Gasteiger partial charge in [-0.3, -0.25) is 10.1 Å². The predicted molar refractivity (Wildman–Crippen MR) is 132 cm³/mol. The molecule has 166 valence electrons. The van der Waals surface area contributed by atoms with Gasteiger partial charge in [0.15, 0.2) is 5.11 Å². The third kappa shape index (κ3) is 7.33. The lowest BCUT2D eigenvalue weighted by atomic mass is 10.2. The van der Waals surface area contributed by atoms with Gasteiger partial charge in [-0.05, 0) is 64.0 Å². The molecule has 0 unspecified atom stereocenters. The second-order valence-electron chi connectivity index (χ2n) is 6.70. The number of thiocarbonyl (C=S) groups is 1. The lowest BCUT2D eigenvalue weighted by Gasteiger charge is -2.12. The molecule has 0 saturated carbocycles. The van der Waals surface area contributed by atoms with Crippen LogP contribution in [0.4, 0.5) is 5.69 Å². The highest BCUT2D eigenvalue weighted by molar-refractivity contribution is 9.10. The Bertz CT molecular complexity index is 1060. The molecule has 3 rings (SSSR count). The van der Waals surface area contributed by atoms with Crippen molar-refractivity contribution >= 4 is 44.9 Å². The summed E-state index contributed by atoms with van der Waals surface area (Å²) in [5.41, 5.74) is 2.24. The topological polar surface area (TPSA) is 68.8 Å². The molecule has 3 aromatic rings. The third-order valence-corrected chi connectivity index (χ3v) is 5.13. The molecule has 0 radical (unpaired) electrons. The molecule has 0 fully saturated rings. The average Bonchev–Trinajstić information content (AvgIpc) is 2.79. The first-order chi connectivity index (χ1) is 15.5. The van der Waals surface area contributed by atoms with Gasteiger partial charge in [0, 0.05) is 24.4 Å². The molecule has 0 spiro atoms. The molecule has 3 aromatic carbocycles. The molecule has 2 N–H and O–H groups in total. The number of carbonyl (C=O) groups is 1. The highest BCUT2D eigenvalue weighted by Gasteiger charge is 2.11. The highest BCUT2D eigenvalue weighted by atomic mass is 79.9. The summed E-state index contributed by atoms with van der Waals surface area (Å²) in [6.45, 7) is 1.36. The fourth-order valence-electron chi connectivity index (χ4n) is 2.74. The zero-order valence-electron chi connectivity index (χ0n) is 17.5. The molecule has 0 atom stereocenters. The van der Waals surface area contributed by atoms with Gasteiger partial charge in [0.05, 0.1) is 11.1 Å². The maximum Gasteiger partial charge on any atom is 0.257 e. The van der Waals surface area contributed by atoms with Crippen LogP contribution >= 0.6 is 28.1 Å². The van der Waals surface area contributed by atoms with Crippen LogP contribution in [0.2, 0.25) is 0 Å². The van der Waals surface area contributed by atoms with E-state index in [1.165, 1.54) is 0 Å². The number of methoxy groups -OCH3 is 1. The first-order valence-electron chi connectivity index (χ1n) is 9.85. The number of anilines is 1. The quantitative estimate of drug-likeness (QED) is 0.303. The maximum absolute atomic E-state index is 12.6. The Balaban J connectivity index is 1.53. The number of ether oxygens (including phenoxy) is 3. The number of carbonyl (C=O) groups excluding carboxylic acids is 1. The van der Waals surface area contributed by atoms with Crippen LogP contribution in [-0.4, -0.2) is 31.3 Å². The first kappa shape index (κ1) is 23.7. The molecule has 0 aliphatic heterocycles. The number of nitrogens with one attached hydrogen (secondary N) is 2. The van der Waals surface area contributed by atoms with E-state index in [2.05, 4.69) is 26.6 Å². The number of benzene rings is 3. The number of rotatable bonds is 9. The van der Waals surface area contributed by atoms with Gasteiger partial charge in [-0.15, -0.1) is 0 Å². The van der Waals surface area contributed by atoms with Crippen molar-refractivity contribution in [2.24, 2.45) is 0 Å². The van der Waals surface area contributed by atoms with Crippen LogP contribution < -0.4 is 20.1 Å². The zero-order chi connectivity index (χ0) is 22.8. The average molecular weight is 515 g/mol. The van der Waals surface area contributed by atoms with E-state index >= 15 is 0 Å². The first-order valence-corrected chi connectivity index (χ1v) is 11.1. The van der Waals surface area contributed by atoms with Gasteiger partial charge in [-0.1, -0.05) is 36.4 Å². The van der Waals surface area contributed by atoms with E-state index in [9.17, 15) is 4.79 Å². The standard InChI is InChI=1S/C24H23BrN2O4S/c1-29-12-13-30-22-11-10-18(14-21(22)25)23(28)27-24(32)26-19-8-5-9-20(15-19)31-16-17-6-3-2-4-7-17/h2-11,14-15H,12-13,16H2,1H3,(H2,26,27,28,32). The van der Waals surface area contributed by atoms with Crippen molar-refractivity contribution in [2.45, 2.75) is 6.61 Å². The molecule has 0 saturated heterocycles. The lowest BCUT2D eigenvalue weighted by molar-refractivity contribution is 0.0977. The van der Waals surface area contributed by atoms with Gasteiger partial charge in [0.2, 0.25) is 0 Å². The van der Waals surface area contributed by atoms with Crippen molar-refractivity contribution in [2.75, 3.05) is 25.6 Å². The SMILES string of the molecule is COCCOc1ccc(C(=O)NC(=S)Nc2cccc(OCc3ccccc3)c2)cc1Br. The summed E-state index contributed by atoms with van der Waals surface area (Å²) in [6.07, 6.45) is 0. The second-order valence-corrected chi connectivity index (χ2v) is 7.96. The Morgan fingerprint density at radius 1 is 0.969 bits per heavy atom. The zero-order valence-corrected chi connectivity index (χ0v) is 19.9. The summed E-state index contributed by atoms with van der Waals surface area (Å²) in [5.74, 6) is 0.996. The smallest absolute Gasteiger partial charge is 0.257 e. The van der Waals surface area contributed by atoms with E-state index in [1.54, 1.807) is 25.3 Å². The predicted octanol–water partition coefficient (Wildman–Crippen LogP) is 5.18. The normalized spacial score (nSPS) is 10.3. The van der Waals surface area contributed by atoms with E-state index in [0.717, 1.165) is 5.56 Å². The molecule has 0 heterocycles. The van der Waals surface area contributed by atoms with Crippen LogP contribution in [0.25, 0.3) is 0 Å². The van der Waals surface area contributed by atoms with E-state index in [-0.39, 0.29) is 11.0 Å². The summed E-state index contributed by atoms with van der Waals surface area (Å²) in [6, 6.07) is 22.4. The summed E-state index contributed by atoms with van der Waals surface area (Å²) in [5, 5.41) is 5.88. The lowest BCUT2D eigenvalue weighted by Crippen LogP contribution is -2.34. The minimum Gasteiger partial charge on any atom is -0.490 e. The fraction of sp³-hybridized carbons (Fsp3) is 0.167. The Hall–Kier alpha value is -2.94. The monoisotopic (exact) mass is 514 g/mol. The van der Waals surface area contributed by atoms with Crippen molar-refractivity contribution in [3.8, 4) is 11.5 Å². The molecule has 0 aliphatic carbocycles. The number of amides is 1. The van der Waals surface area contributed by atoms with E-state index < -0.39 is 0 Å². The molecule has 0 aliphatic rings. The van der Waals surface area contributed by atoms with Gasteiger partial charge in [0.25, 0.3) is 5.91 Å². The van der Waals surface area contributed by atoms with Crippen LogP contribution in [0.3, 0.4) is 0 Å². The second kappa shape index (κ2) is 12.2. The van der Waals surface area contributed by atoms with E-state index in [1.807, 2.05) is 54.6 Å². The summed E-state index contributed by atoms with van der Waals surface area (Å²) in [7, 11) is 1.61. The molecule has 0 bridgehead atoms. The molecular weight excluding hydrogens is 492 g/mol. The van der Waals surface area contributed by atoms with Crippen LogP contribution in [0, 0.1) is 0 Å². The van der Waals surface area contributed by atoms with Gasteiger partial charge < -0.3 is 19.5 Å². The fourth-order valence-corrected chi connectivity index (χ4v) is 3.44. The minimum atomic E-state index is -0.330. The highest BCUT2D eigenvalue weighted by Crippen LogP contribution is 2.26. The largest absolute Gasteiger partial charge is 0.490 e. The Kier molecular flexibility index (Phi) is 9.03. The van der Waals surface area contributed by atoms with Crippen LogP contribution in [-0.2, 0) is 11.3 Å². The summed E-state index contributed by atoms with van der Waals surface area (Å²) >= 11 is 8.71. The van der Waals surface area contributed by atoms with E-state index in [4.69, 9.17) is 26.4 Å². The van der Waals surface area contributed by atoms with Crippen LogP contribution in [0.1, 0.15) is 15.9 Å². The van der Waals surface area contributed by atoms with Gasteiger partial charge in [-0.2, -0.15) is 0 Å². The molecule has 6 nitrogen and oxygen atoms in total.